The molecule has 0 fully saturated rings. The number of hydrogen-bond donors (Lipinski definition) is 2. The van der Waals surface area contributed by atoms with Crippen molar-refractivity contribution in [2.75, 3.05) is 0 Å². The quantitative estimate of drug-likeness (QED) is 0.810. The number of rotatable bonds is 2. The molecule has 0 unspecified atom stereocenters. The number of carboxylic acids is 1. The van der Waals surface area contributed by atoms with Crippen LogP contribution in [0.2, 0.25) is 0 Å². The van der Waals surface area contributed by atoms with Gasteiger partial charge in [0.15, 0.2) is 0 Å². The van der Waals surface area contributed by atoms with Gasteiger partial charge in [0, 0.05) is 0 Å². The minimum absolute atomic E-state index is 0.0237. The average Bonchev–Trinajstić information content (AvgIpc) is 2.19. The third-order valence-electron chi connectivity index (χ3n) is 2.57. The number of benzene rings is 2. The van der Waals surface area contributed by atoms with Gasteiger partial charge in [0.05, 0.1) is 6.42 Å². The summed E-state index contributed by atoms with van der Waals surface area (Å²) < 4.78 is 0. The molecule has 2 rings (SSSR count). The van der Waals surface area contributed by atoms with Crippen molar-refractivity contribution in [3.63, 3.8) is 0 Å². The SMILES string of the molecule is Cc1cc2cc(CC(=O)O)ccc2cc1O. The van der Waals surface area contributed by atoms with Crippen molar-refractivity contribution in [3.05, 3.63) is 41.5 Å². The van der Waals surface area contributed by atoms with Crippen molar-refractivity contribution in [2.45, 2.75) is 13.3 Å². The number of phenols is 1. The van der Waals surface area contributed by atoms with E-state index in [9.17, 15) is 9.90 Å². The smallest absolute Gasteiger partial charge is 0.307 e. The van der Waals surface area contributed by atoms with E-state index in [1.54, 1.807) is 12.1 Å². The molecule has 2 N–H and O–H groups in total. The lowest BCUT2D eigenvalue weighted by molar-refractivity contribution is -0.136. The molecule has 0 atom stereocenters. The number of aliphatic carboxylic acids is 1. The molecule has 0 aliphatic heterocycles. The van der Waals surface area contributed by atoms with Gasteiger partial charge in [-0.05, 0) is 41.0 Å². The Morgan fingerprint density at radius 3 is 2.62 bits per heavy atom. The normalized spacial score (nSPS) is 10.6. The van der Waals surface area contributed by atoms with E-state index in [0.29, 0.717) is 0 Å². The molecule has 0 aliphatic carbocycles. The van der Waals surface area contributed by atoms with E-state index in [-0.39, 0.29) is 12.2 Å². The van der Waals surface area contributed by atoms with E-state index in [1.165, 1.54) is 0 Å². The number of carbonyl (C=O) groups is 1. The first-order valence-corrected chi connectivity index (χ1v) is 5.00. The van der Waals surface area contributed by atoms with Gasteiger partial charge < -0.3 is 10.2 Å². The lowest BCUT2D eigenvalue weighted by Gasteiger charge is -2.04. The number of aryl methyl sites for hydroxylation is 1. The molecule has 0 bridgehead atoms. The Morgan fingerprint density at radius 2 is 1.94 bits per heavy atom. The molecule has 82 valence electrons. The Balaban J connectivity index is 2.53. The highest BCUT2D eigenvalue weighted by atomic mass is 16.4. The van der Waals surface area contributed by atoms with E-state index in [0.717, 1.165) is 21.9 Å². The summed E-state index contributed by atoms with van der Waals surface area (Å²) in [7, 11) is 0. The molecular weight excluding hydrogens is 204 g/mol. The lowest BCUT2D eigenvalue weighted by atomic mass is 10.0. The highest BCUT2D eigenvalue weighted by Gasteiger charge is 2.04. The first-order chi connectivity index (χ1) is 7.56. The maximum absolute atomic E-state index is 10.6. The van der Waals surface area contributed by atoms with E-state index >= 15 is 0 Å². The molecule has 0 amide bonds. The summed E-state index contributed by atoms with van der Waals surface area (Å²) in [6, 6.07) is 8.99. The fraction of sp³-hybridized carbons (Fsp3) is 0.154. The number of phenolic OH excluding ortho intramolecular Hbond substituents is 1. The van der Waals surface area contributed by atoms with E-state index < -0.39 is 5.97 Å². The number of fused-ring (bicyclic) bond motifs is 1. The van der Waals surface area contributed by atoms with Crippen LogP contribution in [0.3, 0.4) is 0 Å². The van der Waals surface area contributed by atoms with Gasteiger partial charge in [-0.3, -0.25) is 4.79 Å². The zero-order valence-corrected chi connectivity index (χ0v) is 8.90. The van der Waals surface area contributed by atoms with Crippen LogP contribution in [-0.4, -0.2) is 16.2 Å². The molecule has 3 nitrogen and oxygen atoms in total. The van der Waals surface area contributed by atoms with Crippen LogP contribution in [0.15, 0.2) is 30.3 Å². The van der Waals surface area contributed by atoms with Crippen molar-refractivity contribution in [3.8, 4) is 5.75 Å². The molecule has 0 heterocycles. The second kappa shape index (κ2) is 3.85. The zero-order valence-electron chi connectivity index (χ0n) is 8.90. The standard InChI is InChI=1S/C13H12O3/c1-8-4-11-5-9(6-13(15)16)2-3-10(11)7-12(8)14/h2-5,7,14H,6H2,1H3,(H,15,16). The Hall–Kier alpha value is -2.03. The van der Waals surface area contributed by atoms with Gasteiger partial charge in [0.1, 0.15) is 5.75 Å². The van der Waals surface area contributed by atoms with Crippen LogP contribution in [0.4, 0.5) is 0 Å². The molecule has 0 saturated carbocycles. The van der Waals surface area contributed by atoms with E-state index in [1.807, 2.05) is 25.1 Å². The Kier molecular flexibility index (Phi) is 2.52. The molecule has 0 radical (unpaired) electrons. The summed E-state index contributed by atoms with van der Waals surface area (Å²) in [6.45, 7) is 1.82. The summed E-state index contributed by atoms with van der Waals surface area (Å²) in [5.41, 5.74) is 1.56. The number of hydrogen-bond acceptors (Lipinski definition) is 2. The van der Waals surface area contributed by atoms with Gasteiger partial charge in [-0.15, -0.1) is 0 Å². The Labute approximate surface area is 93.0 Å². The van der Waals surface area contributed by atoms with Crippen LogP contribution in [0.1, 0.15) is 11.1 Å². The molecule has 2 aromatic carbocycles. The fourth-order valence-electron chi connectivity index (χ4n) is 1.73. The Bertz CT molecular complexity index is 558. The molecular formula is C13H12O3. The minimum atomic E-state index is -0.838. The maximum atomic E-state index is 10.6. The van der Waals surface area contributed by atoms with Crippen LogP contribution < -0.4 is 0 Å². The van der Waals surface area contributed by atoms with Gasteiger partial charge in [0.25, 0.3) is 0 Å². The molecule has 16 heavy (non-hydrogen) atoms. The minimum Gasteiger partial charge on any atom is -0.508 e. The van der Waals surface area contributed by atoms with Gasteiger partial charge in [-0.25, -0.2) is 0 Å². The predicted molar refractivity (Wildman–Crippen MR) is 61.7 cm³/mol. The predicted octanol–water partition coefficient (Wildman–Crippen LogP) is 2.48. The van der Waals surface area contributed by atoms with Crippen molar-refractivity contribution < 1.29 is 15.0 Å². The summed E-state index contributed by atoms with van der Waals surface area (Å²) in [6.07, 6.45) is 0.0237. The van der Waals surface area contributed by atoms with Gasteiger partial charge in [-0.2, -0.15) is 0 Å². The summed E-state index contributed by atoms with van der Waals surface area (Å²) in [5, 5.41) is 20.1. The average molecular weight is 216 g/mol. The van der Waals surface area contributed by atoms with Gasteiger partial charge in [-0.1, -0.05) is 18.2 Å². The third kappa shape index (κ3) is 1.98. The topological polar surface area (TPSA) is 57.5 Å². The second-order valence-electron chi connectivity index (χ2n) is 3.89. The Morgan fingerprint density at radius 1 is 1.19 bits per heavy atom. The first-order valence-electron chi connectivity index (χ1n) is 5.00. The molecule has 2 aromatic rings. The van der Waals surface area contributed by atoms with Crippen molar-refractivity contribution in [1.82, 2.24) is 0 Å². The molecule has 3 heteroatoms. The maximum Gasteiger partial charge on any atom is 0.307 e. The zero-order chi connectivity index (χ0) is 11.7. The van der Waals surface area contributed by atoms with Crippen LogP contribution >= 0.6 is 0 Å². The van der Waals surface area contributed by atoms with Gasteiger partial charge in [0.2, 0.25) is 0 Å². The summed E-state index contributed by atoms with van der Waals surface area (Å²) in [4.78, 5) is 10.6. The van der Waals surface area contributed by atoms with Crippen LogP contribution in [0.25, 0.3) is 10.8 Å². The summed E-state index contributed by atoms with van der Waals surface area (Å²) in [5.74, 6) is -0.576. The largest absolute Gasteiger partial charge is 0.508 e. The van der Waals surface area contributed by atoms with Crippen molar-refractivity contribution >= 4 is 16.7 Å². The highest BCUT2D eigenvalue weighted by molar-refractivity contribution is 5.86. The van der Waals surface area contributed by atoms with E-state index in [2.05, 4.69) is 0 Å². The molecule has 0 spiro atoms. The van der Waals surface area contributed by atoms with Crippen LogP contribution in [-0.2, 0) is 11.2 Å². The lowest BCUT2D eigenvalue weighted by Crippen LogP contribution is -1.99. The summed E-state index contributed by atoms with van der Waals surface area (Å²) >= 11 is 0. The van der Waals surface area contributed by atoms with Gasteiger partial charge >= 0.3 is 5.97 Å². The molecule has 0 aromatic heterocycles. The fourth-order valence-corrected chi connectivity index (χ4v) is 1.73. The van der Waals surface area contributed by atoms with E-state index in [4.69, 9.17) is 5.11 Å². The monoisotopic (exact) mass is 216 g/mol. The van der Waals surface area contributed by atoms with Crippen LogP contribution in [0.5, 0.6) is 5.75 Å². The molecule has 0 aliphatic rings. The number of carboxylic acid groups (broad SMARTS) is 1. The van der Waals surface area contributed by atoms with Crippen molar-refractivity contribution in [2.24, 2.45) is 0 Å². The first kappa shape index (κ1) is 10.5. The second-order valence-corrected chi connectivity index (χ2v) is 3.89. The highest BCUT2D eigenvalue weighted by Crippen LogP contribution is 2.25. The van der Waals surface area contributed by atoms with Crippen LogP contribution in [0, 0.1) is 6.92 Å². The van der Waals surface area contributed by atoms with Crippen molar-refractivity contribution in [1.29, 1.82) is 0 Å². The third-order valence-corrected chi connectivity index (χ3v) is 2.57. The molecule has 0 saturated heterocycles. The number of aromatic hydroxyl groups is 1.